The lowest BCUT2D eigenvalue weighted by Crippen LogP contribution is -2.39. The number of hydrogen-bond acceptors (Lipinski definition) is 4. The molecule has 14 heavy (non-hydrogen) atoms. The molecule has 1 atom stereocenters. The van der Waals surface area contributed by atoms with Crippen molar-refractivity contribution in [2.24, 2.45) is 0 Å². The molecule has 1 unspecified atom stereocenters. The molecule has 4 N–H and O–H groups in total. The number of aromatic nitrogens is 2. The van der Waals surface area contributed by atoms with E-state index in [-0.39, 0.29) is 0 Å². The number of H-pyrrole nitrogens is 2. The summed E-state index contributed by atoms with van der Waals surface area (Å²) >= 11 is 0. The summed E-state index contributed by atoms with van der Waals surface area (Å²) in [6.07, 6.45) is 0.870. The summed E-state index contributed by atoms with van der Waals surface area (Å²) in [6, 6.07) is 0. The lowest BCUT2D eigenvalue weighted by molar-refractivity contribution is -0.157. The van der Waals surface area contributed by atoms with Crippen LogP contribution in [-0.2, 0) is 10.4 Å². The molecule has 0 aromatic carbocycles. The van der Waals surface area contributed by atoms with Gasteiger partial charge in [0.2, 0.25) is 0 Å². The topological polar surface area (TPSA) is 123 Å². The molecule has 1 aromatic heterocycles. The molecule has 1 rings (SSSR count). The van der Waals surface area contributed by atoms with E-state index < -0.39 is 28.4 Å². The average Bonchev–Trinajstić information content (AvgIpc) is 2.02. The second-order valence-corrected chi connectivity index (χ2v) is 2.86. The number of carboxylic acids is 1. The first-order chi connectivity index (χ1) is 6.35. The highest BCUT2D eigenvalue weighted by atomic mass is 16.4. The van der Waals surface area contributed by atoms with Crippen LogP contribution in [0.5, 0.6) is 0 Å². The van der Waals surface area contributed by atoms with Crippen molar-refractivity contribution in [1.29, 1.82) is 0 Å². The van der Waals surface area contributed by atoms with Crippen LogP contribution in [-0.4, -0.2) is 26.2 Å². The van der Waals surface area contributed by atoms with Gasteiger partial charge in [0.05, 0.1) is 5.56 Å². The fraction of sp³-hybridized carbons (Fsp3) is 0.286. The number of carbonyl (C=O) groups is 1. The Kier molecular flexibility index (Phi) is 2.26. The highest BCUT2D eigenvalue weighted by Crippen LogP contribution is 2.14. The largest absolute Gasteiger partial charge is 0.479 e. The summed E-state index contributed by atoms with van der Waals surface area (Å²) in [5.74, 6) is -1.57. The standard InChI is InChI=1S/C7H8N2O5/c1-7(14,5(11)12)3-2-8-6(13)9-4(3)10/h2,14H,1H3,(H,11,12)(H2,8,9,10,13). The third-order valence-corrected chi connectivity index (χ3v) is 1.76. The van der Waals surface area contributed by atoms with Gasteiger partial charge in [-0.1, -0.05) is 0 Å². The summed E-state index contributed by atoms with van der Waals surface area (Å²) in [5.41, 5.74) is -4.44. The monoisotopic (exact) mass is 200 g/mol. The van der Waals surface area contributed by atoms with Crippen molar-refractivity contribution in [2.75, 3.05) is 0 Å². The Morgan fingerprint density at radius 1 is 1.50 bits per heavy atom. The van der Waals surface area contributed by atoms with Crippen molar-refractivity contribution in [2.45, 2.75) is 12.5 Å². The van der Waals surface area contributed by atoms with Crippen molar-refractivity contribution >= 4 is 5.97 Å². The summed E-state index contributed by atoms with van der Waals surface area (Å²) in [7, 11) is 0. The van der Waals surface area contributed by atoms with Crippen molar-refractivity contribution in [3.8, 4) is 0 Å². The Balaban J connectivity index is 3.41. The molecule has 0 aliphatic heterocycles. The number of rotatable bonds is 2. The third kappa shape index (κ3) is 1.57. The van der Waals surface area contributed by atoms with Crippen LogP contribution in [0.15, 0.2) is 15.8 Å². The molecule has 0 fully saturated rings. The zero-order valence-electron chi connectivity index (χ0n) is 7.20. The van der Waals surface area contributed by atoms with Gasteiger partial charge in [0, 0.05) is 6.20 Å². The average molecular weight is 200 g/mol. The maximum absolute atomic E-state index is 11.1. The Bertz CT molecular complexity index is 469. The molecule has 1 aromatic rings. The summed E-state index contributed by atoms with van der Waals surface area (Å²) in [6.45, 7) is 0.943. The molecule has 7 nitrogen and oxygen atoms in total. The molecule has 0 amide bonds. The Morgan fingerprint density at radius 3 is 2.50 bits per heavy atom. The number of aliphatic carboxylic acids is 1. The van der Waals surface area contributed by atoms with Gasteiger partial charge in [-0.25, -0.2) is 9.59 Å². The van der Waals surface area contributed by atoms with Gasteiger partial charge in [0.15, 0.2) is 5.60 Å². The van der Waals surface area contributed by atoms with E-state index in [1.807, 2.05) is 4.98 Å². The van der Waals surface area contributed by atoms with E-state index in [1.54, 1.807) is 0 Å². The van der Waals surface area contributed by atoms with Crippen LogP contribution >= 0.6 is 0 Å². The molecule has 0 saturated heterocycles. The molecule has 76 valence electrons. The zero-order chi connectivity index (χ0) is 10.9. The van der Waals surface area contributed by atoms with Gasteiger partial charge < -0.3 is 15.2 Å². The third-order valence-electron chi connectivity index (χ3n) is 1.76. The summed E-state index contributed by atoms with van der Waals surface area (Å²) < 4.78 is 0. The Labute approximate surface area is 77.0 Å². The van der Waals surface area contributed by atoms with Crippen molar-refractivity contribution in [1.82, 2.24) is 9.97 Å². The van der Waals surface area contributed by atoms with Gasteiger partial charge in [0.25, 0.3) is 5.56 Å². The van der Waals surface area contributed by atoms with Crippen LogP contribution in [0.25, 0.3) is 0 Å². The summed E-state index contributed by atoms with van der Waals surface area (Å²) in [4.78, 5) is 36.1. The van der Waals surface area contributed by atoms with Crippen molar-refractivity contribution in [3.63, 3.8) is 0 Å². The van der Waals surface area contributed by atoms with Gasteiger partial charge in [-0.15, -0.1) is 0 Å². The highest BCUT2D eigenvalue weighted by molar-refractivity contribution is 5.78. The van der Waals surface area contributed by atoms with Gasteiger partial charge in [-0.2, -0.15) is 0 Å². The summed E-state index contributed by atoms with van der Waals surface area (Å²) in [5, 5.41) is 18.0. The molecule has 0 saturated carbocycles. The lowest BCUT2D eigenvalue weighted by atomic mass is 9.99. The molecule has 1 heterocycles. The lowest BCUT2D eigenvalue weighted by Gasteiger charge is -2.15. The van der Waals surface area contributed by atoms with Crippen LogP contribution in [0.2, 0.25) is 0 Å². The minimum atomic E-state index is -2.32. The van der Waals surface area contributed by atoms with E-state index in [0.29, 0.717) is 0 Å². The predicted molar refractivity (Wildman–Crippen MR) is 44.9 cm³/mol. The molecule has 0 aliphatic carbocycles. The van der Waals surface area contributed by atoms with Gasteiger partial charge >= 0.3 is 11.7 Å². The van der Waals surface area contributed by atoms with Gasteiger partial charge in [-0.3, -0.25) is 9.78 Å². The van der Waals surface area contributed by atoms with E-state index in [1.165, 1.54) is 0 Å². The first-order valence-corrected chi connectivity index (χ1v) is 3.64. The minimum Gasteiger partial charge on any atom is -0.479 e. The highest BCUT2D eigenvalue weighted by Gasteiger charge is 2.35. The molecule has 0 aliphatic rings. The quantitative estimate of drug-likeness (QED) is 0.455. The van der Waals surface area contributed by atoms with Crippen molar-refractivity contribution < 1.29 is 15.0 Å². The predicted octanol–water partition coefficient (Wildman–Crippen LogP) is -1.64. The van der Waals surface area contributed by atoms with E-state index in [0.717, 1.165) is 13.1 Å². The van der Waals surface area contributed by atoms with Crippen LogP contribution in [0, 0.1) is 0 Å². The number of aliphatic hydroxyl groups is 1. The molecule has 0 radical (unpaired) electrons. The van der Waals surface area contributed by atoms with Crippen LogP contribution in [0.4, 0.5) is 0 Å². The maximum Gasteiger partial charge on any atom is 0.340 e. The molecule has 0 spiro atoms. The molecular weight excluding hydrogens is 192 g/mol. The van der Waals surface area contributed by atoms with E-state index in [9.17, 15) is 19.5 Å². The van der Waals surface area contributed by atoms with Crippen LogP contribution in [0.1, 0.15) is 12.5 Å². The van der Waals surface area contributed by atoms with Gasteiger partial charge in [0.1, 0.15) is 0 Å². The second-order valence-electron chi connectivity index (χ2n) is 2.86. The number of nitrogens with one attached hydrogen (secondary N) is 2. The van der Waals surface area contributed by atoms with Crippen molar-refractivity contribution in [3.05, 3.63) is 32.6 Å². The fourth-order valence-electron chi connectivity index (χ4n) is 0.887. The van der Waals surface area contributed by atoms with Crippen LogP contribution < -0.4 is 11.2 Å². The first kappa shape index (κ1) is 10.2. The molecular formula is C7H8N2O5. The van der Waals surface area contributed by atoms with E-state index in [2.05, 4.69) is 4.98 Å². The van der Waals surface area contributed by atoms with Gasteiger partial charge in [-0.05, 0) is 6.92 Å². The minimum absolute atomic E-state index is 0.426. The molecule has 7 heteroatoms. The smallest absolute Gasteiger partial charge is 0.340 e. The SMILES string of the molecule is CC(O)(C(=O)O)c1c[nH]c(=O)[nH]c1=O. The number of hydrogen-bond donors (Lipinski definition) is 4. The zero-order valence-corrected chi connectivity index (χ0v) is 7.20. The second kappa shape index (κ2) is 3.11. The number of carboxylic acid groups (broad SMARTS) is 1. The first-order valence-electron chi connectivity index (χ1n) is 3.64. The maximum atomic E-state index is 11.1. The fourth-order valence-corrected chi connectivity index (χ4v) is 0.887. The van der Waals surface area contributed by atoms with E-state index >= 15 is 0 Å². The molecule has 0 bridgehead atoms. The number of aromatic amines is 2. The van der Waals surface area contributed by atoms with Crippen LogP contribution in [0.3, 0.4) is 0 Å². The Morgan fingerprint density at radius 2 is 2.07 bits per heavy atom. The normalized spacial score (nSPS) is 14.7. The van der Waals surface area contributed by atoms with E-state index in [4.69, 9.17) is 5.11 Å². The Hall–Kier alpha value is -1.89.